The molecule has 3 aromatic rings. The van der Waals surface area contributed by atoms with Gasteiger partial charge < -0.3 is 0 Å². The van der Waals surface area contributed by atoms with Crippen LogP contribution in [0.1, 0.15) is 27.7 Å². The quantitative estimate of drug-likeness (QED) is 0.238. The standard InChI is InChI=1S/C18H14S.2C2H6.3Y/c1-4-10-16(11-5-1)19(17-12-6-2-7-13-17)18-14-8-3-9-15-18;2*1-2;;;/h1-2,4-15H;2*1-2H3;;;. The predicted octanol–water partition coefficient (Wildman–Crippen LogP) is 6.63. The second kappa shape index (κ2) is 21.0. The van der Waals surface area contributed by atoms with Crippen LogP contribution in [0.4, 0.5) is 0 Å². The molecule has 0 spiro atoms. The minimum absolute atomic E-state index is 0. The Morgan fingerprint density at radius 1 is 0.500 bits per heavy atom. The van der Waals surface area contributed by atoms with E-state index >= 15 is 0 Å². The summed E-state index contributed by atoms with van der Waals surface area (Å²) >= 11 is 0. The molecule has 0 amide bonds. The largest absolute Gasteiger partial charge is 0.183 e. The van der Waals surface area contributed by atoms with Gasteiger partial charge in [-0.1, -0.05) is 64.1 Å². The Morgan fingerprint density at radius 3 is 1.15 bits per heavy atom. The average Bonchev–Trinajstić information content (AvgIpc) is 2.68. The first kappa shape index (κ1) is 32.0. The summed E-state index contributed by atoms with van der Waals surface area (Å²) in [6, 6.07) is 32.7. The summed E-state index contributed by atoms with van der Waals surface area (Å²) in [5.41, 5.74) is 0. The molecule has 0 saturated heterocycles. The van der Waals surface area contributed by atoms with E-state index in [1.54, 1.807) is 0 Å². The van der Waals surface area contributed by atoms with Crippen molar-refractivity contribution in [3.63, 3.8) is 0 Å². The predicted molar refractivity (Wildman–Crippen MR) is 103 cm³/mol. The molecule has 4 heteroatoms. The summed E-state index contributed by atoms with van der Waals surface area (Å²) in [4.78, 5) is 4.02. The fourth-order valence-corrected chi connectivity index (χ4v) is 4.11. The SMILES string of the molecule is CC.CC.[Y].[Y].[Y].[c-]1ccc([S+](c2ccccc2)c2ccccc2)cc1. The van der Waals surface area contributed by atoms with Crippen LogP contribution >= 0.6 is 0 Å². The molecule has 129 valence electrons. The van der Waals surface area contributed by atoms with Crippen LogP contribution in [0.25, 0.3) is 0 Å². The summed E-state index contributed by atoms with van der Waals surface area (Å²) in [6.45, 7) is 8.00. The van der Waals surface area contributed by atoms with E-state index in [1.165, 1.54) is 14.7 Å². The number of hydrogen-bond acceptors (Lipinski definition) is 0. The van der Waals surface area contributed by atoms with Gasteiger partial charge in [-0.05, 0) is 24.3 Å². The van der Waals surface area contributed by atoms with Crippen molar-refractivity contribution in [3.8, 4) is 0 Å². The molecule has 0 aliphatic heterocycles. The molecule has 3 radical (unpaired) electrons. The van der Waals surface area contributed by atoms with Gasteiger partial charge in [-0.3, -0.25) is 0 Å². The Balaban J connectivity index is -0.000000709. The zero-order chi connectivity index (χ0) is 16.9. The summed E-state index contributed by atoms with van der Waals surface area (Å²) in [5.74, 6) is 0. The van der Waals surface area contributed by atoms with E-state index in [-0.39, 0.29) is 109 Å². The normalized spacial score (nSPS) is 8.19. The van der Waals surface area contributed by atoms with E-state index in [4.69, 9.17) is 0 Å². The maximum atomic E-state index is 3.10. The van der Waals surface area contributed by atoms with Crippen molar-refractivity contribution in [2.24, 2.45) is 0 Å². The van der Waals surface area contributed by atoms with Crippen LogP contribution in [0.2, 0.25) is 0 Å². The van der Waals surface area contributed by atoms with Crippen LogP contribution in [0.15, 0.2) is 99.6 Å². The first-order valence-electron chi connectivity index (χ1n) is 8.26. The number of rotatable bonds is 3. The van der Waals surface area contributed by atoms with Crippen molar-refractivity contribution in [1.82, 2.24) is 0 Å². The molecule has 0 aromatic heterocycles. The smallest absolute Gasteiger partial charge is 0.164 e. The molecule has 0 fully saturated rings. The number of benzene rings is 3. The fourth-order valence-electron chi connectivity index (χ4n) is 2.03. The van der Waals surface area contributed by atoms with E-state index in [0.717, 1.165) is 0 Å². The summed E-state index contributed by atoms with van der Waals surface area (Å²) in [5, 5.41) is 0. The Morgan fingerprint density at radius 2 is 0.808 bits per heavy atom. The van der Waals surface area contributed by atoms with E-state index < -0.39 is 0 Å². The third-order valence-electron chi connectivity index (χ3n) is 2.88. The molecule has 0 atom stereocenters. The van der Waals surface area contributed by atoms with Crippen LogP contribution in [0.5, 0.6) is 0 Å². The van der Waals surface area contributed by atoms with Crippen molar-refractivity contribution in [2.45, 2.75) is 42.4 Å². The van der Waals surface area contributed by atoms with Gasteiger partial charge >= 0.3 is 0 Å². The summed E-state index contributed by atoms with van der Waals surface area (Å²) in [6.07, 6.45) is 0. The van der Waals surface area contributed by atoms with Crippen LogP contribution in [-0.2, 0) is 109 Å². The molecule has 0 N–H and O–H groups in total. The maximum Gasteiger partial charge on any atom is 0.164 e. The molecule has 0 unspecified atom stereocenters. The van der Waals surface area contributed by atoms with Gasteiger partial charge in [-0.15, -0.1) is 12.1 Å². The van der Waals surface area contributed by atoms with E-state index in [0.29, 0.717) is 0 Å². The van der Waals surface area contributed by atoms with Crippen LogP contribution in [-0.4, -0.2) is 0 Å². The zero-order valence-corrected chi connectivity index (χ0v) is 25.6. The minimum Gasteiger partial charge on any atom is -0.183 e. The summed E-state index contributed by atoms with van der Waals surface area (Å²) in [7, 11) is -0.0346. The van der Waals surface area contributed by atoms with Gasteiger partial charge in [0.25, 0.3) is 0 Å². The monoisotopic (exact) mass is 589 g/mol. The molecule has 3 aromatic carbocycles. The zero-order valence-electron chi connectivity index (χ0n) is 16.2. The van der Waals surface area contributed by atoms with Crippen molar-refractivity contribution in [3.05, 3.63) is 91.0 Å². The third kappa shape index (κ3) is 10.8. The van der Waals surface area contributed by atoms with Gasteiger partial charge in [0.05, 0.1) is 15.8 Å². The fraction of sp³-hybridized carbons (Fsp3) is 0.182. The van der Waals surface area contributed by atoms with Gasteiger partial charge in [0, 0.05) is 98.1 Å². The maximum absolute atomic E-state index is 3.10. The average molecular weight is 589 g/mol. The van der Waals surface area contributed by atoms with Gasteiger partial charge in [-0.25, -0.2) is 0 Å². The van der Waals surface area contributed by atoms with Crippen LogP contribution in [0, 0.1) is 6.07 Å². The van der Waals surface area contributed by atoms with Crippen molar-refractivity contribution in [2.75, 3.05) is 0 Å². The Bertz CT molecular complexity index is 537. The van der Waals surface area contributed by atoms with Gasteiger partial charge in [-0.2, -0.15) is 18.2 Å². The molecule has 0 aliphatic rings. The molecule has 0 heterocycles. The molecule has 0 aliphatic carbocycles. The first-order valence-corrected chi connectivity index (χ1v) is 9.48. The number of hydrogen-bond donors (Lipinski definition) is 0. The van der Waals surface area contributed by atoms with Gasteiger partial charge in [0.1, 0.15) is 0 Å². The Kier molecular flexibility index (Phi) is 25.9. The van der Waals surface area contributed by atoms with Crippen molar-refractivity contribution >= 4 is 10.9 Å². The molecule has 0 bridgehead atoms. The molecular formula is C22H26SY3. The molecule has 0 saturated carbocycles. The molecule has 0 nitrogen and oxygen atoms in total. The topological polar surface area (TPSA) is 0 Å². The van der Waals surface area contributed by atoms with Crippen LogP contribution in [0.3, 0.4) is 0 Å². The minimum atomic E-state index is -0.0346. The first-order chi connectivity index (χ1) is 11.4. The van der Waals surface area contributed by atoms with E-state index in [2.05, 4.69) is 78.9 Å². The summed E-state index contributed by atoms with van der Waals surface area (Å²) < 4.78 is 0. The second-order valence-electron chi connectivity index (χ2n) is 4.17. The van der Waals surface area contributed by atoms with E-state index in [1.807, 2.05) is 39.8 Å². The van der Waals surface area contributed by atoms with E-state index in [9.17, 15) is 0 Å². The molecule has 3 rings (SSSR count). The van der Waals surface area contributed by atoms with Gasteiger partial charge in [0.15, 0.2) is 9.79 Å². The van der Waals surface area contributed by atoms with Crippen molar-refractivity contribution in [1.29, 1.82) is 0 Å². The van der Waals surface area contributed by atoms with Crippen molar-refractivity contribution < 1.29 is 98.1 Å². The Labute approximate surface area is 238 Å². The third-order valence-corrected chi connectivity index (χ3v) is 5.11. The molecule has 26 heavy (non-hydrogen) atoms. The second-order valence-corrected chi connectivity index (χ2v) is 6.19. The molecular weight excluding hydrogens is 563 g/mol. The Hall–Kier alpha value is 1.32. The van der Waals surface area contributed by atoms with Crippen LogP contribution < -0.4 is 0 Å². The van der Waals surface area contributed by atoms with Gasteiger partial charge in [0.2, 0.25) is 0 Å².